The summed E-state index contributed by atoms with van der Waals surface area (Å²) < 4.78 is 53.3. The van der Waals surface area contributed by atoms with Crippen LogP contribution < -0.4 is 15.5 Å². The number of rotatable bonds is 9. The number of halogens is 4. The van der Waals surface area contributed by atoms with Crippen LogP contribution in [0.1, 0.15) is 44.7 Å². The number of likely N-dealkylation sites (N-methyl/N-ethyl adjacent to an activating group) is 1. The molecule has 0 saturated carbocycles. The molecule has 0 aromatic heterocycles. The molecule has 0 aliphatic carbocycles. The molecule has 1 aliphatic heterocycles. The van der Waals surface area contributed by atoms with Gasteiger partial charge in [0, 0.05) is 25.6 Å². The maximum absolute atomic E-state index is 12.6. The fourth-order valence-corrected chi connectivity index (χ4v) is 3.75. The molecule has 1 atom stereocenters. The van der Waals surface area contributed by atoms with Crippen LogP contribution >= 0.6 is 0 Å². The SMILES string of the molecule is CCC(CC)OC(=O)NCCC(F)(F)C(F)F.CN1C(=O)C(NC=O)c2ccccc2-c2ccccc21. The minimum Gasteiger partial charge on any atom is -0.446 e. The lowest BCUT2D eigenvalue weighted by Crippen LogP contribution is -2.37. The van der Waals surface area contributed by atoms with Gasteiger partial charge in [-0.2, -0.15) is 0 Å². The average molecular weight is 526 g/mol. The first-order valence-corrected chi connectivity index (χ1v) is 11.8. The first-order chi connectivity index (χ1) is 17.6. The Morgan fingerprint density at radius 2 is 1.68 bits per heavy atom. The number of para-hydroxylation sites is 1. The van der Waals surface area contributed by atoms with Crippen LogP contribution in [0.2, 0.25) is 0 Å². The van der Waals surface area contributed by atoms with Gasteiger partial charge in [0.15, 0.2) is 0 Å². The van der Waals surface area contributed by atoms with Crippen molar-refractivity contribution in [2.75, 3.05) is 18.5 Å². The van der Waals surface area contributed by atoms with Gasteiger partial charge >= 0.3 is 18.4 Å². The number of nitrogens with one attached hydrogen (secondary N) is 2. The van der Waals surface area contributed by atoms with Crippen LogP contribution in [0, 0.1) is 0 Å². The smallest absolute Gasteiger partial charge is 0.407 e. The molecule has 0 bridgehead atoms. The largest absolute Gasteiger partial charge is 0.446 e. The van der Waals surface area contributed by atoms with Crippen LogP contribution in [0.25, 0.3) is 11.1 Å². The number of alkyl halides is 4. The van der Waals surface area contributed by atoms with E-state index in [2.05, 4.69) is 5.32 Å². The fraction of sp³-hybridized carbons (Fsp3) is 0.423. The molecular weight excluding hydrogens is 494 g/mol. The Bertz CT molecular complexity index is 1060. The molecule has 1 aliphatic rings. The lowest BCUT2D eigenvalue weighted by molar-refractivity contribution is -0.131. The third kappa shape index (κ3) is 7.68. The van der Waals surface area contributed by atoms with Crippen LogP contribution in [-0.4, -0.2) is 50.5 Å². The first kappa shape index (κ1) is 29.6. The number of carbonyl (C=O) groups is 3. The number of benzene rings is 2. The second-order valence-corrected chi connectivity index (χ2v) is 8.30. The normalized spacial score (nSPS) is 14.7. The summed E-state index contributed by atoms with van der Waals surface area (Å²) in [5, 5.41) is 4.64. The molecular formula is C26H31F4N3O4. The van der Waals surface area contributed by atoms with Crippen molar-refractivity contribution in [1.29, 1.82) is 0 Å². The van der Waals surface area contributed by atoms with Gasteiger partial charge in [-0.3, -0.25) is 9.59 Å². The summed E-state index contributed by atoms with van der Waals surface area (Å²) in [6.07, 6.45) is -4.19. The molecule has 3 amide bonds. The zero-order chi connectivity index (χ0) is 27.6. The summed E-state index contributed by atoms with van der Waals surface area (Å²) in [7, 11) is 1.73. The topological polar surface area (TPSA) is 87.7 Å². The number of ether oxygens (including phenoxy) is 1. The highest BCUT2D eigenvalue weighted by molar-refractivity contribution is 6.05. The van der Waals surface area contributed by atoms with Gasteiger partial charge in [0.25, 0.3) is 5.91 Å². The molecule has 37 heavy (non-hydrogen) atoms. The zero-order valence-electron chi connectivity index (χ0n) is 20.8. The number of hydrogen-bond donors (Lipinski definition) is 2. The Labute approximate surface area is 213 Å². The lowest BCUT2D eigenvalue weighted by atomic mass is 9.95. The molecule has 0 saturated heterocycles. The van der Waals surface area contributed by atoms with Gasteiger partial charge in [-0.15, -0.1) is 0 Å². The van der Waals surface area contributed by atoms with E-state index < -0.39 is 37.4 Å². The second kappa shape index (κ2) is 13.6. The highest BCUT2D eigenvalue weighted by atomic mass is 19.3. The van der Waals surface area contributed by atoms with E-state index >= 15 is 0 Å². The molecule has 2 N–H and O–H groups in total. The lowest BCUT2D eigenvalue weighted by Gasteiger charge is -2.21. The predicted octanol–water partition coefficient (Wildman–Crippen LogP) is 5.31. The number of fused-ring (bicyclic) bond motifs is 3. The molecule has 202 valence electrons. The quantitative estimate of drug-likeness (QED) is 0.343. The molecule has 1 unspecified atom stereocenters. The van der Waals surface area contributed by atoms with E-state index in [9.17, 15) is 31.9 Å². The number of nitrogens with zero attached hydrogens (tertiary/aromatic N) is 1. The van der Waals surface area contributed by atoms with Crippen molar-refractivity contribution in [2.24, 2.45) is 0 Å². The fourth-order valence-electron chi connectivity index (χ4n) is 3.75. The van der Waals surface area contributed by atoms with Crippen molar-refractivity contribution in [3.8, 4) is 11.1 Å². The summed E-state index contributed by atoms with van der Waals surface area (Å²) in [6.45, 7) is 3.08. The summed E-state index contributed by atoms with van der Waals surface area (Å²) in [4.78, 5) is 36.1. The van der Waals surface area contributed by atoms with Gasteiger partial charge in [-0.1, -0.05) is 56.3 Å². The Kier molecular flexibility index (Phi) is 10.9. The van der Waals surface area contributed by atoms with Crippen molar-refractivity contribution in [2.45, 2.75) is 57.6 Å². The van der Waals surface area contributed by atoms with Crippen molar-refractivity contribution >= 4 is 24.1 Å². The van der Waals surface area contributed by atoms with E-state index in [-0.39, 0.29) is 12.0 Å². The minimum atomic E-state index is -4.08. The monoisotopic (exact) mass is 525 g/mol. The zero-order valence-corrected chi connectivity index (χ0v) is 20.8. The summed E-state index contributed by atoms with van der Waals surface area (Å²) in [5.41, 5.74) is 3.64. The minimum absolute atomic E-state index is 0.144. The second-order valence-electron chi connectivity index (χ2n) is 8.30. The summed E-state index contributed by atoms with van der Waals surface area (Å²) in [6, 6.07) is 14.8. The number of carbonyl (C=O) groups excluding carboxylic acids is 3. The number of alkyl carbamates (subject to hydrolysis) is 1. The van der Waals surface area contributed by atoms with E-state index in [1.54, 1.807) is 11.9 Å². The standard InChI is InChI=1S/C16H14N2O2.C10H17F4NO2/c1-18-14-9-5-4-7-12(14)11-6-2-3-8-13(11)15(16(18)20)17-10-19;1-3-7(4-2)17-9(16)15-6-5-10(13,14)8(11)12/h2-10,15H,1H3,(H,17,19);7-8H,3-6H2,1-2H3,(H,15,16). The van der Waals surface area contributed by atoms with Crippen LogP contribution in [0.15, 0.2) is 48.5 Å². The molecule has 0 fully saturated rings. The molecule has 3 rings (SSSR count). The molecule has 0 spiro atoms. The molecule has 1 heterocycles. The maximum Gasteiger partial charge on any atom is 0.407 e. The van der Waals surface area contributed by atoms with E-state index in [4.69, 9.17) is 4.74 Å². The van der Waals surface area contributed by atoms with Crippen molar-refractivity contribution in [3.05, 3.63) is 54.1 Å². The summed E-state index contributed by atoms with van der Waals surface area (Å²) >= 11 is 0. The third-order valence-electron chi connectivity index (χ3n) is 5.87. The predicted molar refractivity (Wildman–Crippen MR) is 132 cm³/mol. The van der Waals surface area contributed by atoms with Crippen LogP contribution in [0.4, 0.5) is 28.0 Å². The van der Waals surface area contributed by atoms with Crippen molar-refractivity contribution < 1.29 is 36.7 Å². The number of anilines is 1. The first-order valence-electron chi connectivity index (χ1n) is 11.8. The Morgan fingerprint density at radius 3 is 2.27 bits per heavy atom. The Hall–Kier alpha value is -3.63. The maximum atomic E-state index is 12.6. The van der Waals surface area contributed by atoms with E-state index in [0.717, 1.165) is 22.4 Å². The highest BCUT2D eigenvalue weighted by Crippen LogP contribution is 2.39. The summed E-state index contributed by atoms with van der Waals surface area (Å²) in [5.74, 6) is -4.23. The molecule has 2 aromatic carbocycles. The number of amides is 3. The van der Waals surface area contributed by atoms with Gasteiger partial charge in [0.1, 0.15) is 12.1 Å². The van der Waals surface area contributed by atoms with Crippen molar-refractivity contribution in [1.82, 2.24) is 10.6 Å². The van der Waals surface area contributed by atoms with E-state index in [0.29, 0.717) is 19.3 Å². The van der Waals surface area contributed by atoms with Gasteiger partial charge in [0.2, 0.25) is 6.41 Å². The molecule has 7 nitrogen and oxygen atoms in total. The number of hydrogen-bond acceptors (Lipinski definition) is 4. The van der Waals surface area contributed by atoms with Crippen LogP contribution in [0.3, 0.4) is 0 Å². The molecule has 0 radical (unpaired) electrons. The third-order valence-corrected chi connectivity index (χ3v) is 5.87. The van der Waals surface area contributed by atoms with E-state index in [1.165, 1.54) is 0 Å². The van der Waals surface area contributed by atoms with Gasteiger partial charge in [0.05, 0.1) is 5.69 Å². The van der Waals surface area contributed by atoms with Gasteiger partial charge in [-0.05, 0) is 30.0 Å². The Morgan fingerprint density at radius 1 is 1.08 bits per heavy atom. The van der Waals surface area contributed by atoms with Gasteiger partial charge < -0.3 is 20.3 Å². The molecule has 2 aromatic rings. The average Bonchev–Trinajstić information content (AvgIpc) is 2.97. The van der Waals surface area contributed by atoms with Crippen LogP contribution in [0.5, 0.6) is 0 Å². The van der Waals surface area contributed by atoms with Crippen molar-refractivity contribution in [3.63, 3.8) is 0 Å². The highest BCUT2D eigenvalue weighted by Gasteiger charge is 2.40. The van der Waals surface area contributed by atoms with Crippen LogP contribution in [-0.2, 0) is 14.3 Å². The van der Waals surface area contributed by atoms with Gasteiger partial charge in [-0.25, -0.2) is 22.4 Å². The molecule has 11 heteroatoms. The Balaban J connectivity index is 0.000000265. The van der Waals surface area contributed by atoms with E-state index in [1.807, 2.05) is 67.7 Å².